The largest absolute Gasteiger partial charge is 0.478 e. The van der Waals surface area contributed by atoms with Gasteiger partial charge in [0.15, 0.2) is 5.82 Å². The molecule has 1 heterocycles. The molecule has 2 aromatic rings. The molecule has 1 aromatic heterocycles. The summed E-state index contributed by atoms with van der Waals surface area (Å²) < 4.78 is 5.97. The third-order valence-electron chi connectivity index (χ3n) is 3.06. The van der Waals surface area contributed by atoms with E-state index >= 15 is 0 Å². The number of anilines is 1. The molecule has 0 aliphatic rings. The number of esters is 1. The van der Waals surface area contributed by atoms with Gasteiger partial charge in [-0.3, -0.25) is 9.59 Å². The molecular formula is C15H15N3O5. The van der Waals surface area contributed by atoms with E-state index in [0.29, 0.717) is 0 Å². The molecule has 0 bridgehead atoms. The highest BCUT2D eigenvalue weighted by molar-refractivity contribution is 6.10. The summed E-state index contributed by atoms with van der Waals surface area (Å²) in [5, 5.41) is 11.7. The van der Waals surface area contributed by atoms with Gasteiger partial charge in [0.05, 0.1) is 24.6 Å². The third-order valence-corrected chi connectivity index (χ3v) is 3.06. The fourth-order valence-electron chi connectivity index (χ4n) is 1.94. The minimum Gasteiger partial charge on any atom is -0.478 e. The number of imidazole rings is 1. The van der Waals surface area contributed by atoms with Crippen molar-refractivity contribution < 1.29 is 24.2 Å². The van der Waals surface area contributed by atoms with Gasteiger partial charge in [0.2, 0.25) is 0 Å². The Morgan fingerprint density at radius 1 is 1.30 bits per heavy atom. The van der Waals surface area contributed by atoms with Gasteiger partial charge in [-0.1, -0.05) is 11.6 Å². The third kappa shape index (κ3) is 3.94. The Balaban J connectivity index is 2.17. The first-order valence-corrected chi connectivity index (χ1v) is 6.64. The van der Waals surface area contributed by atoms with E-state index in [1.165, 1.54) is 36.3 Å². The average molecular weight is 317 g/mol. The highest BCUT2D eigenvalue weighted by atomic mass is 16.5. The van der Waals surface area contributed by atoms with Crippen LogP contribution in [-0.2, 0) is 16.1 Å². The number of nitrogens with one attached hydrogen (secondary N) is 1. The van der Waals surface area contributed by atoms with Crippen LogP contribution in [0.2, 0.25) is 0 Å². The van der Waals surface area contributed by atoms with Gasteiger partial charge in [-0.15, -0.1) is 0 Å². The van der Waals surface area contributed by atoms with Crippen LogP contribution in [0.4, 0.5) is 5.82 Å². The van der Waals surface area contributed by atoms with Crippen LogP contribution in [0.3, 0.4) is 0 Å². The lowest BCUT2D eigenvalue weighted by atomic mass is 10.0. The summed E-state index contributed by atoms with van der Waals surface area (Å²) in [6, 6.07) is 4.52. The minimum absolute atomic E-state index is 0.0330. The summed E-state index contributed by atoms with van der Waals surface area (Å²) in [5.74, 6) is -2.02. The molecule has 0 aliphatic carbocycles. The molecular weight excluding hydrogens is 302 g/mol. The lowest BCUT2D eigenvalue weighted by molar-refractivity contribution is -0.141. The van der Waals surface area contributed by atoms with Crippen LogP contribution < -0.4 is 5.32 Å². The smallest absolute Gasteiger partial charge is 0.336 e. The van der Waals surface area contributed by atoms with Gasteiger partial charge >= 0.3 is 11.9 Å². The van der Waals surface area contributed by atoms with Gasteiger partial charge in [-0.05, 0) is 19.1 Å². The molecule has 120 valence electrons. The lowest BCUT2D eigenvalue weighted by Crippen LogP contribution is -2.17. The maximum absolute atomic E-state index is 12.2. The van der Waals surface area contributed by atoms with Crippen molar-refractivity contribution in [1.29, 1.82) is 0 Å². The van der Waals surface area contributed by atoms with Crippen LogP contribution in [0.1, 0.15) is 26.3 Å². The van der Waals surface area contributed by atoms with E-state index in [1.807, 2.05) is 0 Å². The number of amides is 1. The number of aromatic carboxylic acids is 1. The Kier molecular flexibility index (Phi) is 4.75. The second kappa shape index (κ2) is 6.73. The molecule has 0 unspecified atom stereocenters. The molecule has 0 fully saturated rings. The first kappa shape index (κ1) is 16.2. The molecule has 0 aliphatic heterocycles. The number of benzene rings is 1. The number of rotatable bonds is 5. The second-order valence-electron chi connectivity index (χ2n) is 4.82. The molecule has 0 saturated carbocycles. The zero-order chi connectivity index (χ0) is 17.0. The number of carbonyl (C=O) groups is 3. The predicted octanol–water partition coefficient (Wildman–Crippen LogP) is 1.32. The van der Waals surface area contributed by atoms with E-state index < -0.39 is 17.8 Å². The van der Waals surface area contributed by atoms with Crippen LogP contribution in [0.5, 0.6) is 0 Å². The number of hydrogen-bond acceptors (Lipinski definition) is 5. The Hall–Kier alpha value is -3.16. The van der Waals surface area contributed by atoms with Gasteiger partial charge in [-0.25, -0.2) is 9.78 Å². The lowest BCUT2D eigenvalue weighted by Gasteiger charge is -2.07. The van der Waals surface area contributed by atoms with Crippen LogP contribution in [0.25, 0.3) is 0 Å². The van der Waals surface area contributed by atoms with Crippen molar-refractivity contribution in [2.75, 3.05) is 12.4 Å². The van der Waals surface area contributed by atoms with Gasteiger partial charge in [0.25, 0.3) is 5.91 Å². The monoisotopic (exact) mass is 317 g/mol. The van der Waals surface area contributed by atoms with Gasteiger partial charge in [0, 0.05) is 6.20 Å². The summed E-state index contributed by atoms with van der Waals surface area (Å²) in [6.07, 6.45) is 2.81. The first-order chi connectivity index (χ1) is 10.9. The number of aryl methyl sites for hydroxylation is 1. The van der Waals surface area contributed by atoms with Gasteiger partial charge in [-0.2, -0.15) is 0 Å². The Morgan fingerprint density at radius 3 is 2.70 bits per heavy atom. The van der Waals surface area contributed by atoms with E-state index in [2.05, 4.69) is 15.0 Å². The summed E-state index contributed by atoms with van der Waals surface area (Å²) in [7, 11) is 1.27. The fraction of sp³-hybridized carbons (Fsp3) is 0.200. The van der Waals surface area contributed by atoms with Crippen LogP contribution >= 0.6 is 0 Å². The van der Waals surface area contributed by atoms with Crippen molar-refractivity contribution >= 4 is 23.7 Å². The average Bonchev–Trinajstić information content (AvgIpc) is 2.93. The number of aromatic nitrogens is 2. The van der Waals surface area contributed by atoms with Crippen LogP contribution in [0, 0.1) is 6.92 Å². The number of nitrogens with zero attached hydrogens (tertiary/aromatic N) is 2. The molecule has 2 N–H and O–H groups in total. The first-order valence-electron chi connectivity index (χ1n) is 6.64. The number of hydrogen-bond donors (Lipinski definition) is 2. The minimum atomic E-state index is -1.19. The Morgan fingerprint density at radius 2 is 2.04 bits per heavy atom. The van der Waals surface area contributed by atoms with Crippen molar-refractivity contribution in [2.24, 2.45) is 0 Å². The molecule has 0 saturated heterocycles. The Bertz CT molecular complexity index is 766. The topological polar surface area (TPSA) is 111 Å². The normalized spacial score (nSPS) is 10.2. The number of ether oxygens (including phenoxy) is 1. The maximum Gasteiger partial charge on any atom is 0.336 e. The second-order valence-corrected chi connectivity index (χ2v) is 4.82. The highest BCUT2D eigenvalue weighted by Gasteiger charge is 2.17. The zero-order valence-electron chi connectivity index (χ0n) is 12.6. The van der Waals surface area contributed by atoms with Crippen LogP contribution in [0.15, 0.2) is 30.7 Å². The highest BCUT2D eigenvalue weighted by Crippen LogP contribution is 2.14. The summed E-state index contributed by atoms with van der Waals surface area (Å²) in [4.78, 5) is 38.6. The molecule has 8 nitrogen and oxygen atoms in total. The fourth-order valence-corrected chi connectivity index (χ4v) is 1.94. The quantitative estimate of drug-likeness (QED) is 0.805. The molecule has 23 heavy (non-hydrogen) atoms. The van der Waals surface area contributed by atoms with E-state index in [-0.39, 0.29) is 23.5 Å². The Labute approximate surface area is 131 Å². The number of carboxylic acids is 1. The van der Waals surface area contributed by atoms with Crippen molar-refractivity contribution in [3.8, 4) is 0 Å². The SMILES string of the molecule is COC(=O)Cn1cnc(NC(=O)c2ccc(C)cc2C(=O)O)c1. The van der Waals surface area contributed by atoms with Crippen molar-refractivity contribution in [1.82, 2.24) is 9.55 Å². The predicted molar refractivity (Wildman–Crippen MR) is 80.3 cm³/mol. The van der Waals surface area contributed by atoms with E-state index in [0.717, 1.165) is 5.56 Å². The summed E-state index contributed by atoms with van der Waals surface area (Å²) in [5.41, 5.74) is 0.684. The summed E-state index contributed by atoms with van der Waals surface area (Å²) in [6.45, 7) is 1.70. The molecule has 1 amide bonds. The zero-order valence-corrected chi connectivity index (χ0v) is 12.6. The van der Waals surface area contributed by atoms with E-state index in [9.17, 15) is 19.5 Å². The molecule has 0 radical (unpaired) electrons. The van der Waals surface area contributed by atoms with Crippen LogP contribution in [-0.4, -0.2) is 39.6 Å². The van der Waals surface area contributed by atoms with Crippen molar-refractivity contribution in [3.63, 3.8) is 0 Å². The molecule has 8 heteroatoms. The number of carboxylic acid groups (broad SMARTS) is 1. The molecule has 1 aromatic carbocycles. The molecule has 0 atom stereocenters. The van der Waals surface area contributed by atoms with E-state index in [1.54, 1.807) is 13.0 Å². The standard InChI is InChI=1S/C15H15N3O5/c1-9-3-4-10(11(5-9)15(21)22)14(20)17-12-6-18(8-16-12)7-13(19)23-2/h3-6,8H,7H2,1-2H3,(H,17,20)(H,21,22). The summed E-state index contributed by atoms with van der Waals surface area (Å²) >= 11 is 0. The number of carbonyl (C=O) groups excluding carboxylic acids is 2. The van der Waals surface area contributed by atoms with E-state index in [4.69, 9.17) is 0 Å². The molecule has 0 spiro atoms. The maximum atomic E-state index is 12.2. The van der Waals surface area contributed by atoms with Crippen molar-refractivity contribution in [2.45, 2.75) is 13.5 Å². The molecule has 2 rings (SSSR count). The number of methoxy groups -OCH3 is 1. The van der Waals surface area contributed by atoms with Gasteiger partial charge in [0.1, 0.15) is 6.54 Å². The van der Waals surface area contributed by atoms with Gasteiger partial charge < -0.3 is 19.7 Å². The van der Waals surface area contributed by atoms with Crippen molar-refractivity contribution in [3.05, 3.63) is 47.4 Å².